The van der Waals surface area contributed by atoms with Gasteiger partial charge in [-0.2, -0.15) is 0 Å². The van der Waals surface area contributed by atoms with E-state index >= 15 is 0 Å². The van der Waals surface area contributed by atoms with Crippen molar-refractivity contribution >= 4 is 22.3 Å². The fourth-order valence-electron chi connectivity index (χ4n) is 2.27. The van der Waals surface area contributed by atoms with Crippen molar-refractivity contribution in [3.8, 4) is 0 Å². The molecule has 0 amide bonds. The van der Waals surface area contributed by atoms with Crippen LogP contribution in [0, 0.1) is 10.8 Å². The Labute approximate surface area is 137 Å². The van der Waals surface area contributed by atoms with Crippen molar-refractivity contribution in [3.05, 3.63) is 0 Å². The van der Waals surface area contributed by atoms with Gasteiger partial charge in [0.2, 0.25) is 0 Å². The molecule has 0 unspecified atom stereocenters. The number of rotatable bonds is 0. The van der Waals surface area contributed by atoms with Crippen LogP contribution in [0.3, 0.4) is 0 Å². The number of nitrogens with zero attached hydrogens (tertiary/aromatic N) is 2. The van der Waals surface area contributed by atoms with Gasteiger partial charge in [0, 0.05) is 36.6 Å². The van der Waals surface area contributed by atoms with Crippen LogP contribution in [0.5, 0.6) is 0 Å². The van der Waals surface area contributed by atoms with Gasteiger partial charge in [-0.1, -0.05) is 0 Å². The molecule has 2 heterocycles. The van der Waals surface area contributed by atoms with E-state index in [-0.39, 0.29) is 11.9 Å². The van der Waals surface area contributed by atoms with Gasteiger partial charge in [0.15, 0.2) is 11.9 Å². The van der Waals surface area contributed by atoms with Crippen molar-refractivity contribution in [1.29, 1.82) is 10.8 Å². The Kier molecular flexibility index (Phi) is 10.3. The Hall–Kier alpha value is -1.59. The number of nitrogens with one attached hydrogen (secondary N) is 2. The minimum absolute atomic E-state index is 0.231. The molecular formula is C12H26N6O4S-2. The van der Waals surface area contributed by atoms with Crippen molar-refractivity contribution in [1.82, 2.24) is 9.80 Å². The topological polar surface area (TPSA) is 186 Å². The first-order chi connectivity index (χ1) is 10.6. The molecule has 2 fully saturated rings. The van der Waals surface area contributed by atoms with E-state index in [2.05, 4.69) is 0 Å². The molecule has 0 aromatic rings. The van der Waals surface area contributed by atoms with Crippen LogP contribution in [0.4, 0.5) is 0 Å². The van der Waals surface area contributed by atoms with E-state index in [1.54, 1.807) is 0 Å². The van der Waals surface area contributed by atoms with Crippen LogP contribution in [0.25, 0.3) is 0 Å². The molecular weight excluding hydrogens is 324 g/mol. The number of hydrogen-bond acceptors (Lipinski definition) is 6. The molecule has 11 heteroatoms. The van der Waals surface area contributed by atoms with Crippen molar-refractivity contribution in [2.45, 2.75) is 38.5 Å². The lowest BCUT2D eigenvalue weighted by Gasteiger charge is -2.26. The fourth-order valence-corrected chi connectivity index (χ4v) is 2.27. The highest BCUT2D eigenvalue weighted by atomic mass is 32.3. The quantitative estimate of drug-likeness (QED) is 0.193. The van der Waals surface area contributed by atoms with Crippen molar-refractivity contribution < 1.29 is 17.5 Å². The fraction of sp³-hybridized carbons (Fsp3) is 0.833. The van der Waals surface area contributed by atoms with Gasteiger partial charge in [-0.25, -0.2) is 0 Å². The maximum Gasteiger partial charge on any atom is 0.188 e. The summed E-state index contributed by atoms with van der Waals surface area (Å²) < 4.78 is 34.1. The molecule has 2 aliphatic rings. The number of piperidine rings is 2. The minimum atomic E-state index is -5.17. The predicted octanol–water partition coefficient (Wildman–Crippen LogP) is -0.606. The third-order valence-electron chi connectivity index (χ3n) is 3.39. The van der Waals surface area contributed by atoms with Gasteiger partial charge in [0.25, 0.3) is 0 Å². The first-order valence-corrected chi connectivity index (χ1v) is 8.79. The molecule has 0 radical (unpaired) electrons. The van der Waals surface area contributed by atoms with E-state index < -0.39 is 10.4 Å². The zero-order valence-corrected chi connectivity index (χ0v) is 14.0. The standard InChI is InChI=1S/2C6H13N3.H2O4S/c2*7-6(8)9-4-2-1-3-5-9;1-5(2,3)4/h2*1-5H2,(H3,7,8);(H2,1,2,3,4)/p-2. The van der Waals surface area contributed by atoms with Crippen LogP contribution >= 0.6 is 0 Å². The lowest BCUT2D eigenvalue weighted by molar-refractivity contribution is 0.337. The van der Waals surface area contributed by atoms with Crippen LogP contribution in [0.1, 0.15) is 38.5 Å². The SMILES string of the molecule is N=C(N)N1CCCCC1.N=C(N)N1CCCCC1.O=S(=O)([O-])[O-]. The molecule has 0 aliphatic carbocycles. The normalized spacial score (nSPS) is 18.0. The van der Waals surface area contributed by atoms with Crippen LogP contribution in [0.2, 0.25) is 0 Å². The summed E-state index contributed by atoms with van der Waals surface area (Å²) in [6, 6.07) is 0. The highest BCUT2D eigenvalue weighted by Gasteiger charge is 2.10. The van der Waals surface area contributed by atoms with E-state index in [4.69, 9.17) is 39.8 Å². The largest absolute Gasteiger partial charge is 0.759 e. The molecule has 0 aromatic carbocycles. The molecule has 0 spiro atoms. The van der Waals surface area contributed by atoms with Crippen LogP contribution < -0.4 is 11.5 Å². The van der Waals surface area contributed by atoms with Gasteiger partial charge in [0.1, 0.15) is 0 Å². The Balaban J connectivity index is 0.000000332. The van der Waals surface area contributed by atoms with E-state index in [1.165, 1.54) is 38.5 Å². The van der Waals surface area contributed by atoms with Gasteiger partial charge in [-0.15, -0.1) is 0 Å². The summed E-state index contributed by atoms with van der Waals surface area (Å²) in [7, 11) is -5.17. The van der Waals surface area contributed by atoms with Gasteiger partial charge in [-0.3, -0.25) is 19.2 Å². The molecule has 0 saturated carbocycles. The number of guanidine groups is 2. The smallest absolute Gasteiger partial charge is 0.188 e. The van der Waals surface area contributed by atoms with Crippen LogP contribution in [-0.4, -0.2) is 65.4 Å². The van der Waals surface area contributed by atoms with Crippen LogP contribution in [-0.2, 0) is 10.4 Å². The summed E-state index contributed by atoms with van der Waals surface area (Å²) >= 11 is 0. The van der Waals surface area contributed by atoms with Gasteiger partial charge in [-0.05, 0) is 38.5 Å². The molecule has 23 heavy (non-hydrogen) atoms. The third-order valence-corrected chi connectivity index (χ3v) is 3.39. The predicted molar refractivity (Wildman–Crippen MR) is 85.2 cm³/mol. The molecule has 6 N–H and O–H groups in total. The van der Waals surface area contributed by atoms with Crippen LogP contribution in [0.15, 0.2) is 0 Å². The molecule has 10 nitrogen and oxygen atoms in total. The molecule has 0 aromatic heterocycles. The highest BCUT2D eigenvalue weighted by molar-refractivity contribution is 7.79. The molecule has 0 atom stereocenters. The van der Waals surface area contributed by atoms with Gasteiger partial charge < -0.3 is 30.4 Å². The number of nitrogens with two attached hydrogens (primary N) is 2. The van der Waals surface area contributed by atoms with Gasteiger partial charge >= 0.3 is 0 Å². The monoisotopic (exact) mass is 350 g/mol. The van der Waals surface area contributed by atoms with E-state index in [0.717, 1.165) is 26.2 Å². The minimum Gasteiger partial charge on any atom is -0.759 e. The lowest BCUT2D eigenvalue weighted by atomic mass is 10.1. The molecule has 136 valence electrons. The Morgan fingerprint density at radius 2 is 0.957 bits per heavy atom. The first-order valence-electron chi connectivity index (χ1n) is 7.46. The maximum absolute atomic E-state index is 8.52. The average molecular weight is 350 g/mol. The first kappa shape index (κ1) is 21.4. The van der Waals surface area contributed by atoms with Crippen molar-refractivity contribution in [2.24, 2.45) is 11.5 Å². The number of likely N-dealkylation sites (tertiary alicyclic amines) is 2. The number of hydrogen-bond donors (Lipinski definition) is 4. The van der Waals surface area contributed by atoms with Gasteiger partial charge in [0.05, 0.1) is 0 Å². The van der Waals surface area contributed by atoms with Crippen molar-refractivity contribution in [2.75, 3.05) is 26.2 Å². The summed E-state index contributed by atoms with van der Waals surface area (Å²) in [4.78, 5) is 3.84. The van der Waals surface area contributed by atoms with E-state index in [1.807, 2.05) is 9.80 Å². The van der Waals surface area contributed by atoms with E-state index in [9.17, 15) is 0 Å². The Morgan fingerprint density at radius 3 is 1.09 bits per heavy atom. The highest BCUT2D eigenvalue weighted by Crippen LogP contribution is 2.07. The molecule has 2 rings (SSSR count). The Bertz CT molecular complexity index is 422. The lowest BCUT2D eigenvalue weighted by Crippen LogP contribution is -2.39. The second kappa shape index (κ2) is 11.0. The maximum atomic E-state index is 8.52. The summed E-state index contributed by atoms with van der Waals surface area (Å²) in [6.45, 7) is 3.93. The molecule has 0 bridgehead atoms. The summed E-state index contributed by atoms with van der Waals surface area (Å²) in [5.41, 5.74) is 10.6. The summed E-state index contributed by atoms with van der Waals surface area (Å²) in [5, 5.41) is 14.2. The third kappa shape index (κ3) is 13.8. The molecule has 2 saturated heterocycles. The average Bonchev–Trinajstić information content (AvgIpc) is 2.48. The summed E-state index contributed by atoms with van der Waals surface area (Å²) in [6.07, 6.45) is 7.37. The second-order valence-corrected chi connectivity index (χ2v) is 6.09. The zero-order valence-electron chi connectivity index (χ0n) is 13.2. The van der Waals surface area contributed by atoms with Crippen molar-refractivity contribution in [3.63, 3.8) is 0 Å². The zero-order chi connectivity index (χ0) is 17.9. The second-order valence-electron chi connectivity index (χ2n) is 5.27. The summed E-state index contributed by atoms with van der Waals surface area (Å²) in [5.74, 6) is 0.462. The van der Waals surface area contributed by atoms with E-state index in [0.29, 0.717) is 0 Å². The Morgan fingerprint density at radius 1 is 0.739 bits per heavy atom. The molecule has 2 aliphatic heterocycles.